The van der Waals surface area contributed by atoms with E-state index in [2.05, 4.69) is 0 Å². The number of benzene rings is 1. The molecule has 0 atom stereocenters. The van der Waals surface area contributed by atoms with E-state index < -0.39 is 5.97 Å². The highest BCUT2D eigenvalue weighted by Crippen LogP contribution is 2.31. The first kappa shape index (κ1) is 14.2. The molecular weight excluding hydrogens is 210 g/mol. The first-order valence-corrected chi connectivity index (χ1v) is 4.60. The summed E-state index contributed by atoms with van der Waals surface area (Å²) in [5, 5.41) is 8.59. The lowest BCUT2D eigenvalue weighted by molar-refractivity contribution is -0.136. The summed E-state index contributed by atoms with van der Waals surface area (Å²) in [7, 11) is 3.10. The Balaban J connectivity index is 0.00000225. The Labute approximate surface area is 94.6 Å². The van der Waals surface area contributed by atoms with Gasteiger partial charge in [-0.1, -0.05) is 12.1 Å². The second-order valence-corrected chi connectivity index (χ2v) is 3.05. The van der Waals surface area contributed by atoms with Crippen molar-refractivity contribution in [2.75, 3.05) is 14.2 Å². The molecule has 1 aromatic rings. The van der Waals surface area contributed by atoms with Crippen LogP contribution in [0.3, 0.4) is 0 Å². The predicted octanol–water partition coefficient (Wildman–Crippen LogP) is 1.24. The molecule has 1 aromatic carbocycles. The number of hydrogen-bond donors (Lipinski definition) is 1. The van der Waals surface area contributed by atoms with Crippen molar-refractivity contribution in [1.29, 1.82) is 0 Å². The van der Waals surface area contributed by atoms with Crippen LogP contribution in [0, 0.1) is 0 Å². The van der Waals surface area contributed by atoms with Gasteiger partial charge in [0.05, 0.1) is 14.2 Å². The number of aliphatic carboxylic acids is 1. The van der Waals surface area contributed by atoms with Gasteiger partial charge in [0.25, 0.3) is 0 Å². The van der Waals surface area contributed by atoms with E-state index in [0.717, 1.165) is 5.56 Å². The molecule has 3 radical (unpaired) electrons. The summed E-state index contributed by atoms with van der Waals surface area (Å²) < 4.78 is 10.3. The molecule has 0 heterocycles. The lowest BCUT2D eigenvalue weighted by Crippen LogP contribution is -2.00. The Morgan fingerprint density at radius 2 is 2.00 bits per heavy atom. The van der Waals surface area contributed by atoms with E-state index in [1.54, 1.807) is 20.3 Å². The fourth-order valence-electron chi connectivity index (χ4n) is 1.39. The topological polar surface area (TPSA) is 86.3 Å². The third-order valence-electron chi connectivity index (χ3n) is 2.09. The van der Waals surface area contributed by atoms with Crippen molar-refractivity contribution < 1.29 is 19.4 Å². The Kier molecular flexibility index (Phi) is 5.95. The number of aryl methyl sites for hydroxylation is 1. The van der Waals surface area contributed by atoms with Gasteiger partial charge in [0.2, 0.25) is 0 Å². The maximum Gasteiger partial charge on any atom is 0.303 e. The van der Waals surface area contributed by atoms with Crippen LogP contribution >= 0.6 is 0 Å². The largest absolute Gasteiger partial charge is 0.493 e. The van der Waals surface area contributed by atoms with Gasteiger partial charge in [-0.15, -0.1) is 0 Å². The molecule has 0 unspecified atom stereocenters. The van der Waals surface area contributed by atoms with Crippen LogP contribution in [0.2, 0.25) is 0 Å². The van der Waals surface area contributed by atoms with Gasteiger partial charge in [-0.3, -0.25) is 4.79 Å². The van der Waals surface area contributed by atoms with Crippen LogP contribution in [0.5, 0.6) is 11.5 Å². The summed E-state index contributed by atoms with van der Waals surface area (Å²) in [6.07, 6.45) is 0.527. The summed E-state index contributed by atoms with van der Waals surface area (Å²) in [5.41, 5.74) is 0.847. The number of rotatable bonds is 5. The minimum absolute atomic E-state index is 0. The predicted molar refractivity (Wildman–Crippen MR) is 57.6 cm³/mol. The minimum atomic E-state index is -0.820. The standard InChI is InChI=1S/C11H14O4.N/c1-14-9-5-3-4-8(11(9)15-2)6-7-10(12)13;/h3-5H,6-7H2,1-2H3,(H,12,13);. The molecule has 16 heavy (non-hydrogen) atoms. The van der Waals surface area contributed by atoms with Gasteiger partial charge in [0.15, 0.2) is 11.5 Å². The van der Waals surface area contributed by atoms with Gasteiger partial charge < -0.3 is 14.6 Å². The number of carboxylic acid groups (broad SMARTS) is 1. The molecule has 0 saturated carbocycles. The highest BCUT2D eigenvalue weighted by atomic mass is 16.5. The maximum absolute atomic E-state index is 10.5. The second-order valence-electron chi connectivity index (χ2n) is 3.05. The SMILES string of the molecule is COc1cccc(CCC(=O)O)c1OC.[N]. The normalized spacial score (nSPS) is 9.12. The van der Waals surface area contributed by atoms with E-state index in [9.17, 15) is 4.79 Å². The molecule has 0 fully saturated rings. The third kappa shape index (κ3) is 3.43. The number of carbonyl (C=O) groups is 1. The zero-order valence-corrected chi connectivity index (χ0v) is 9.27. The van der Waals surface area contributed by atoms with Crippen LogP contribution < -0.4 is 15.6 Å². The molecule has 0 spiro atoms. The van der Waals surface area contributed by atoms with Crippen molar-refractivity contribution in [2.24, 2.45) is 0 Å². The summed E-state index contributed by atoms with van der Waals surface area (Å²) >= 11 is 0. The summed E-state index contributed by atoms with van der Waals surface area (Å²) in [5.74, 6) is 0.418. The monoisotopic (exact) mass is 224 g/mol. The zero-order valence-electron chi connectivity index (χ0n) is 9.27. The van der Waals surface area contributed by atoms with Crippen LogP contribution in [0.4, 0.5) is 0 Å². The first-order chi connectivity index (χ1) is 7.19. The molecule has 0 bridgehead atoms. The Morgan fingerprint density at radius 3 is 2.50 bits per heavy atom. The average molecular weight is 224 g/mol. The fourth-order valence-corrected chi connectivity index (χ4v) is 1.39. The highest BCUT2D eigenvalue weighted by molar-refractivity contribution is 5.67. The van der Waals surface area contributed by atoms with E-state index >= 15 is 0 Å². The molecule has 0 amide bonds. The molecule has 1 N–H and O–H groups in total. The van der Waals surface area contributed by atoms with Crippen molar-refractivity contribution in [2.45, 2.75) is 12.8 Å². The summed E-state index contributed by atoms with van der Waals surface area (Å²) in [4.78, 5) is 10.5. The molecule has 5 heteroatoms. The number of carboxylic acids is 1. The second kappa shape index (κ2) is 6.68. The van der Waals surface area contributed by atoms with Gasteiger partial charge in [0.1, 0.15) is 0 Å². The quantitative estimate of drug-likeness (QED) is 0.815. The molecule has 0 aliphatic rings. The number of ether oxygens (including phenoxy) is 2. The fraction of sp³-hybridized carbons (Fsp3) is 0.364. The average Bonchev–Trinajstić information content (AvgIpc) is 2.25. The summed E-state index contributed by atoms with van der Waals surface area (Å²) in [6, 6.07) is 5.44. The smallest absolute Gasteiger partial charge is 0.303 e. The first-order valence-electron chi connectivity index (χ1n) is 4.60. The Hall–Kier alpha value is -1.75. The van der Waals surface area contributed by atoms with Crippen LogP contribution in [0.15, 0.2) is 18.2 Å². The van der Waals surface area contributed by atoms with E-state index in [1.807, 2.05) is 12.1 Å². The van der Waals surface area contributed by atoms with E-state index in [0.29, 0.717) is 17.9 Å². The van der Waals surface area contributed by atoms with Gasteiger partial charge >= 0.3 is 5.97 Å². The van der Waals surface area contributed by atoms with E-state index in [-0.39, 0.29) is 12.6 Å². The molecule has 0 aliphatic carbocycles. The number of para-hydroxylation sites is 1. The number of methoxy groups -OCH3 is 2. The van der Waals surface area contributed by atoms with Crippen molar-refractivity contribution >= 4 is 5.97 Å². The van der Waals surface area contributed by atoms with Gasteiger partial charge in [-0.05, 0) is 18.1 Å². The molecule has 5 nitrogen and oxygen atoms in total. The van der Waals surface area contributed by atoms with Crippen molar-refractivity contribution in [3.63, 3.8) is 0 Å². The van der Waals surface area contributed by atoms with Crippen LogP contribution in [0.25, 0.3) is 0 Å². The molecule has 1 rings (SSSR count). The van der Waals surface area contributed by atoms with Crippen LogP contribution in [-0.4, -0.2) is 25.3 Å². The zero-order chi connectivity index (χ0) is 11.3. The molecule has 0 aliphatic heterocycles. The van der Waals surface area contributed by atoms with Gasteiger partial charge in [-0.25, -0.2) is 0 Å². The van der Waals surface area contributed by atoms with E-state index in [4.69, 9.17) is 14.6 Å². The summed E-state index contributed by atoms with van der Waals surface area (Å²) in [6.45, 7) is 0. The molecular formula is C11H14NO4. The minimum Gasteiger partial charge on any atom is -0.493 e. The van der Waals surface area contributed by atoms with Crippen LogP contribution in [0.1, 0.15) is 12.0 Å². The van der Waals surface area contributed by atoms with Crippen molar-refractivity contribution in [1.82, 2.24) is 6.15 Å². The lowest BCUT2D eigenvalue weighted by Gasteiger charge is -2.11. The molecule has 0 aromatic heterocycles. The van der Waals surface area contributed by atoms with Gasteiger partial charge in [0, 0.05) is 12.6 Å². The Bertz CT molecular complexity index is 352. The number of nitrogens with zero attached hydrogens (tertiary/aromatic N) is 1. The lowest BCUT2D eigenvalue weighted by atomic mass is 10.1. The van der Waals surface area contributed by atoms with E-state index in [1.165, 1.54) is 0 Å². The third-order valence-corrected chi connectivity index (χ3v) is 2.09. The maximum atomic E-state index is 10.5. The Morgan fingerprint density at radius 1 is 1.31 bits per heavy atom. The van der Waals surface area contributed by atoms with Crippen molar-refractivity contribution in [3.8, 4) is 11.5 Å². The molecule has 0 saturated heterocycles. The highest BCUT2D eigenvalue weighted by Gasteiger charge is 2.10. The molecule has 87 valence electrons. The van der Waals surface area contributed by atoms with Crippen molar-refractivity contribution in [3.05, 3.63) is 23.8 Å². The van der Waals surface area contributed by atoms with Gasteiger partial charge in [-0.2, -0.15) is 0 Å². The van der Waals surface area contributed by atoms with Crippen LogP contribution in [-0.2, 0) is 11.2 Å². The number of hydrogen-bond acceptors (Lipinski definition) is 3.